The van der Waals surface area contributed by atoms with Crippen LogP contribution in [0.1, 0.15) is 29.5 Å². The summed E-state index contributed by atoms with van der Waals surface area (Å²) in [5.41, 5.74) is 2.08. The van der Waals surface area contributed by atoms with Crippen LogP contribution in [0.15, 0.2) is 18.2 Å². The minimum atomic E-state index is -1.44. The van der Waals surface area contributed by atoms with Gasteiger partial charge in [0.05, 0.1) is 33.4 Å². The molecule has 7 rings (SSSR count). The van der Waals surface area contributed by atoms with Crippen LogP contribution < -0.4 is 23.7 Å². The van der Waals surface area contributed by atoms with Gasteiger partial charge in [0.2, 0.25) is 24.6 Å². The Kier molecular flexibility index (Phi) is 6.74. The molecule has 42 heavy (non-hydrogen) atoms. The molecule has 3 N–H and O–H groups in total. The molecule has 2 aromatic carbocycles. The molecule has 1 aliphatic carbocycles. The van der Waals surface area contributed by atoms with Crippen LogP contribution in [0.5, 0.6) is 34.5 Å². The maximum Gasteiger partial charge on any atom is 0.310 e. The molecule has 13 heteroatoms. The van der Waals surface area contributed by atoms with Crippen LogP contribution in [0, 0.1) is 11.8 Å². The normalized spacial score (nSPS) is 34.6. The van der Waals surface area contributed by atoms with Crippen LogP contribution in [0.3, 0.4) is 0 Å². The highest BCUT2D eigenvalue weighted by Gasteiger charge is 2.52. The Morgan fingerprint density at radius 1 is 0.952 bits per heavy atom. The maximum absolute atomic E-state index is 13.1. The molecule has 2 aromatic rings. The Hall–Kier alpha value is -3.49. The van der Waals surface area contributed by atoms with Gasteiger partial charge in [0.25, 0.3) is 0 Å². The van der Waals surface area contributed by atoms with Gasteiger partial charge >= 0.3 is 5.97 Å². The Morgan fingerprint density at radius 3 is 2.45 bits per heavy atom. The number of aliphatic hydroxyl groups is 2. The summed E-state index contributed by atoms with van der Waals surface area (Å²) < 4.78 is 51.5. The second-order valence-electron chi connectivity index (χ2n) is 11.0. The monoisotopic (exact) mass is 588 g/mol. The fourth-order valence-corrected chi connectivity index (χ4v) is 6.71. The fraction of sp³-hybridized carbons (Fsp3) is 0.552. The number of ether oxygens (including phenoxy) is 9. The molecule has 0 radical (unpaired) electrons. The molecule has 0 unspecified atom stereocenters. The smallest absolute Gasteiger partial charge is 0.310 e. The van der Waals surface area contributed by atoms with E-state index in [2.05, 4.69) is 0 Å². The van der Waals surface area contributed by atoms with E-state index in [9.17, 15) is 20.1 Å². The van der Waals surface area contributed by atoms with Crippen molar-refractivity contribution >= 4 is 5.97 Å². The van der Waals surface area contributed by atoms with E-state index >= 15 is 0 Å². The summed E-state index contributed by atoms with van der Waals surface area (Å²) in [5, 5.41) is 32.5. The van der Waals surface area contributed by atoms with Gasteiger partial charge in [-0.3, -0.25) is 4.79 Å². The van der Waals surface area contributed by atoms with Gasteiger partial charge in [0, 0.05) is 17.4 Å². The number of hydrogen-bond donors (Lipinski definition) is 3. The van der Waals surface area contributed by atoms with Crippen molar-refractivity contribution in [3.8, 4) is 34.5 Å². The van der Waals surface area contributed by atoms with Gasteiger partial charge in [-0.1, -0.05) is 0 Å². The Balaban J connectivity index is 1.34. The Labute approximate surface area is 240 Å². The quantitative estimate of drug-likeness (QED) is 0.428. The lowest BCUT2D eigenvalue weighted by Crippen LogP contribution is -2.63. The predicted molar refractivity (Wildman–Crippen MR) is 139 cm³/mol. The first kappa shape index (κ1) is 27.3. The van der Waals surface area contributed by atoms with Crippen molar-refractivity contribution in [3.63, 3.8) is 0 Å². The van der Waals surface area contributed by atoms with Gasteiger partial charge in [-0.05, 0) is 42.7 Å². The van der Waals surface area contributed by atoms with E-state index < -0.39 is 48.8 Å². The van der Waals surface area contributed by atoms with Crippen molar-refractivity contribution in [1.82, 2.24) is 0 Å². The SMILES string of the molecule is COc1cc([C@@H]2c3cc4c(c(O[C@@H]5O[C@H]6CO[C@@H](C)O[C@H]6[C@H](O)[C@@H]5O)c3C[C@H]3COC(=O)[C@@H]32)OCO4)cc(OC)c1O. The number of carbonyl (C=O) groups excluding carboxylic acids is 1. The van der Waals surface area contributed by atoms with E-state index in [1.807, 2.05) is 6.07 Å². The number of benzene rings is 2. The number of aromatic hydroxyl groups is 1. The van der Waals surface area contributed by atoms with Gasteiger partial charge in [0.15, 0.2) is 29.3 Å². The molecule has 0 aromatic heterocycles. The zero-order chi connectivity index (χ0) is 29.3. The number of fused-ring (bicyclic) bond motifs is 4. The standard InChI is InChI=1S/C29H32O13/c1-11-36-9-19-26(40-11)23(31)24(32)29(41-19)42-25-15-4-13-8-37-28(33)21(13)20(14(15)7-18-27(25)39-10-38-18)12-5-16(34-2)22(30)17(6-12)35-3/h5-7,11,13,19-21,23-24,26,29-32H,4,8-10H2,1-3H3/t11-,13+,19+,20-,21+,23-,24+,26-,29+/m1/s1. The average Bonchev–Trinajstić information content (AvgIpc) is 3.61. The summed E-state index contributed by atoms with van der Waals surface area (Å²) in [6.45, 7) is 2.00. The van der Waals surface area contributed by atoms with Crippen molar-refractivity contribution in [1.29, 1.82) is 0 Å². The van der Waals surface area contributed by atoms with Gasteiger partial charge in [-0.25, -0.2) is 0 Å². The van der Waals surface area contributed by atoms with E-state index in [1.54, 1.807) is 19.1 Å². The topological polar surface area (TPSA) is 161 Å². The van der Waals surface area contributed by atoms with E-state index in [0.717, 1.165) is 0 Å². The van der Waals surface area contributed by atoms with Crippen molar-refractivity contribution in [2.45, 2.75) is 56.3 Å². The van der Waals surface area contributed by atoms with Crippen molar-refractivity contribution in [3.05, 3.63) is 34.9 Å². The van der Waals surface area contributed by atoms with E-state index in [4.69, 9.17) is 42.6 Å². The molecule has 4 heterocycles. The molecule has 0 amide bonds. The summed E-state index contributed by atoms with van der Waals surface area (Å²) in [4.78, 5) is 13.1. The minimum absolute atomic E-state index is 0.0595. The van der Waals surface area contributed by atoms with Crippen LogP contribution in [0.4, 0.5) is 0 Å². The van der Waals surface area contributed by atoms with E-state index in [-0.39, 0.29) is 54.9 Å². The second kappa shape index (κ2) is 10.3. The third-order valence-corrected chi connectivity index (χ3v) is 8.72. The number of hydrogen-bond acceptors (Lipinski definition) is 13. The number of cyclic esters (lactones) is 1. The molecule has 3 fully saturated rings. The van der Waals surface area contributed by atoms with Crippen LogP contribution in [-0.2, 0) is 30.2 Å². The Morgan fingerprint density at radius 2 is 1.71 bits per heavy atom. The highest BCUT2D eigenvalue weighted by atomic mass is 16.8. The molecule has 5 aliphatic rings. The summed E-state index contributed by atoms with van der Waals surface area (Å²) in [6, 6.07) is 5.15. The van der Waals surface area contributed by atoms with Crippen molar-refractivity contribution < 1.29 is 62.7 Å². The summed E-state index contributed by atoms with van der Waals surface area (Å²) in [6.07, 6.45) is -5.63. The lowest BCUT2D eigenvalue weighted by molar-refractivity contribution is -0.344. The molecule has 0 bridgehead atoms. The molecule has 0 spiro atoms. The first-order chi connectivity index (χ1) is 20.3. The van der Waals surface area contributed by atoms with Crippen molar-refractivity contribution in [2.75, 3.05) is 34.2 Å². The first-order valence-electron chi connectivity index (χ1n) is 13.8. The van der Waals surface area contributed by atoms with E-state index in [0.29, 0.717) is 34.6 Å². The summed E-state index contributed by atoms with van der Waals surface area (Å²) in [7, 11) is 2.86. The Bertz CT molecular complexity index is 1370. The van der Waals surface area contributed by atoms with Gasteiger partial charge in [-0.2, -0.15) is 0 Å². The summed E-state index contributed by atoms with van der Waals surface area (Å²) in [5.74, 6) is -0.440. The van der Waals surface area contributed by atoms with Crippen LogP contribution in [0.2, 0.25) is 0 Å². The molecule has 9 atom stereocenters. The van der Waals surface area contributed by atoms with Crippen LogP contribution >= 0.6 is 0 Å². The minimum Gasteiger partial charge on any atom is -0.502 e. The zero-order valence-electron chi connectivity index (χ0n) is 23.2. The first-order valence-corrected chi connectivity index (χ1v) is 13.8. The number of aliphatic hydroxyl groups excluding tert-OH is 2. The predicted octanol–water partition coefficient (Wildman–Crippen LogP) is 1.20. The number of phenolic OH excluding ortho intramolecular Hbond substituents is 1. The molecule has 13 nitrogen and oxygen atoms in total. The molecular formula is C29H32O13. The van der Waals surface area contributed by atoms with Crippen LogP contribution in [0.25, 0.3) is 0 Å². The van der Waals surface area contributed by atoms with Crippen molar-refractivity contribution in [2.24, 2.45) is 11.8 Å². The molecular weight excluding hydrogens is 556 g/mol. The van der Waals surface area contributed by atoms with Gasteiger partial charge in [0.1, 0.15) is 24.4 Å². The van der Waals surface area contributed by atoms with E-state index in [1.165, 1.54) is 14.2 Å². The maximum atomic E-state index is 13.1. The number of esters is 1. The van der Waals surface area contributed by atoms with Crippen LogP contribution in [-0.4, -0.2) is 92.5 Å². The zero-order valence-corrected chi connectivity index (χ0v) is 23.2. The largest absolute Gasteiger partial charge is 0.502 e. The third kappa shape index (κ3) is 4.21. The fourth-order valence-electron chi connectivity index (χ4n) is 6.71. The number of carbonyl (C=O) groups is 1. The van der Waals surface area contributed by atoms with Gasteiger partial charge in [-0.15, -0.1) is 0 Å². The molecule has 226 valence electrons. The lowest BCUT2D eigenvalue weighted by atomic mass is 9.67. The number of rotatable bonds is 5. The van der Waals surface area contributed by atoms with Gasteiger partial charge < -0.3 is 58.0 Å². The average molecular weight is 589 g/mol. The summed E-state index contributed by atoms with van der Waals surface area (Å²) >= 11 is 0. The lowest BCUT2D eigenvalue weighted by Gasteiger charge is -2.45. The highest BCUT2D eigenvalue weighted by molar-refractivity contribution is 5.79. The number of methoxy groups -OCH3 is 2. The third-order valence-electron chi connectivity index (χ3n) is 8.72. The molecule has 0 saturated carbocycles. The molecule has 4 aliphatic heterocycles. The highest BCUT2D eigenvalue weighted by Crippen LogP contribution is 2.56. The molecule has 3 saturated heterocycles. The second-order valence-corrected chi connectivity index (χ2v) is 11.0. The number of phenols is 1.